The summed E-state index contributed by atoms with van der Waals surface area (Å²) in [5, 5.41) is 3.62. The maximum Gasteiger partial charge on any atom is 0.234 e. The molecule has 1 amide bonds. The van der Waals surface area contributed by atoms with E-state index < -0.39 is 0 Å². The molecule has 19 heavy (non-hydrogen) atoms. The van der Waals surface area contributed by atoms with Crippen LogP contribution in [0.25, 0.3) is 0 Å². The van der Waals surface area contributed by atoms with E-state index in [1.807, 2.05) is 18.2 Å². The molecular weight excluding hydrogens is 390 g/mol. The molecule has 0 aromatic heterocycles. The van der Waals surface area contributed by atoms with Crippen LogP contribution in [0, 0.1) is 0 Å². The summed E-state index contributed by atoms with van der Waals surface area (Å²) in [6.07, 6.45) is 6.52. The van der Waals surface area contributed by atoms with Gasteiger partial charge in [-0.2, -0.15) is 0 Å². The summed E-state index contributed by atoms with van der Waals surface area (Å²) in [5.41, 5.74) is 0.831. The van der Waals surface area contributed by atoms with Crippen molar-refractivity contribution in [2.45, 2.75) is 37.4 Å². The average Bonchev–Trinajstić information content (AvgIpc) is 2.41. The van der Waals surface area contributed by atoms with Gasteiger partial charge in [0, 0.05) is 14.2 Å². The van der Waals surface area contributed by atoms with Gasteiger partial charge in [0.1, 0.15) is 0 Å². The van der Waals surface area contributed by atoms with E-state index >= 15 is 0 Å². The molecule has 0 unspecified atom stereocenters. The van der Waals surface area contributed by atoms with Gasteiger partial charge in [-0.25, -0.2) is 0 Å². The molecule has 2 nitrogen and oxygen atoms in total. The lowest BCUT2D eigenvalue weighted by Gasteiger charge is -2.20. The fraction of sp³-hybridized carbons (Fsp3) is 0.500. The Morgan fingerprint density at radius 1 is 1.26 bits per heavy atom. The molecule has 1 aromatic rings. The van der Waals surface area contributed by atoms with E-state index in [1.165, 1.54) is 32.1 Å². The fourth-order valence-corrected chi connectivity index (χ4v) is 4.47. The highest BCUT2D eigenvalue weighted by molar-refractivity contribution is 9.11. The Hall–Kier alpha value is -0.000000000000000111. The van der Waals surface area contributed by atoms with E-state index in [4.69, 9.17) is 0 Å². The lowest BCUT2D eigenvalue weighted by atomic mass is 10.0. The molecule has 0 aliphatic heterocycles. The molecule has 0 heterocycles. The maximum atomic E-state index is 11.9. The summed E-state index contributed by atoms with van der Waals surface area (Å²) in [5.74, 6) is 0.631. The van der Waals surface area contributed by atoms with E-state index in [9.17, 15) is 4.79 Å². The first kappa shape index (κ1) is 15.4. The highest BCUT2D eigenvalue weighted by atomic mass is 79.9. The summed E-state index contributed by atoms with van der Waals surface area (Å²) in [4.78, 5) is 11.9. The summed E-state index contributed by atoms with van der Waals surface area (Å²) < 4.78 is 1.90. The third kappa shape index (κ3) is 5.12. The van der Waals surface area contributed by atoms with E-state index in [0.717, 1.165) is 14.6 Å². The minimum Gasteiger partial charge on any atom is -0.324 e. The monoisotopic (exact) mass is 405 g/mol. The molecule has 1 aliphatic rings. The van der Waals surface area contributed by atoms with Crippen molar-refractivity contribution in [1.29, 1.82) is 0 Å². The normalized spacial score (nSPS) is 16.3. The molecule has 0 bridgehead atoms. The van der Waals surface area contributed by atoms with Gasteiger partial charge in [0.2, 0.25) is 5.91 Å². The van der Waals surface area contributed by atoms with Gasteiger partial charge in [0.05, 0.1) is 11.4 Å². The van der Waals surface area contributed by atoms with Crippen molar-refractivity contribution >= 4 is 55.2 Å². The van der Waals surface area contributed by atoms with Crippen molar-refractivity contribution in [2.24, 2.45) is 0 Å². The highest BCUT2D eigenvalue weighted by Crippen LogP contribution is 2.29. The number of hydrogen-bond donors (Lipinski definition) is 1. The van der Waals surface area contributed by atoms with Crippen molar-refractivity contribution in [3.63, 3.8) is 0 Å². The number of amides is 1. The van der Waals surface area contributed by atoms with Gasteiger partial charge in [-0.05, 0) is 47.0 Å². The zero-order valence-electron chi connectivity index (χ0n) is 10.6. The fourth-order valence-electron chi connectivity index (χ4n) is 2.20. The smallest absolute Gasteiger partial charge is 0.234 e. The summed E-state index contributed by atoms with van der Waals surface area (Å²) in [7, 11) is 0. The van der Waals surface area contributed by atoms with E-state index in [0.29, 0.717) is 11.0 Å². The van der Waals surface area contributed by atoms with E-state index in [-0.39, 0.29) is 5.91 Å². The molecule has 0 atom stereocenters. The van der Waals surface area contributed by atoms with Crippen LogP contribution in [-0.4, -0.2) is 16.9 Å². The Morgan fingerprint density at radius 3 is 2.68 bits per heavy atom. The van der Waals surface area contributed by atoms with Crippen molar-refractivity contribution < 1.29 is 4.79 Å². The van der Waals surface area contributed by atoms with Gasteiger partial charge in [0.25, 0.3) is 0 Å². The van der Waals surface area contributed by atoms with Crippen molar-refractivity contribution in [3.05, 3.63) is 27.1 Å². The van der Waals surface area contributed by atoms with Crippen LogP contribution in [0.4, 0.5) is 5.69 Å². The lowest BCUT2D eigenvalue weighted by molar-refractivity contribution is -0.113. The largest absolute Gasteiger partial charge is 0.324 e. The topological polar surface area (TPSA) is 29.1 Å². The zero-order valence-corrected chi connectivity index (χ0v) is 14.6. The van der Waals surface area contributed by atoms with Gasteiger partial charge in [-0.15, -0.1) is 11.8 Å². The molecule has 5 heteroatoms. The third-order valence-electron chi connectivity index (χ3n) is 3.21. The standard InChI is InChI=1S/C14H17Br2NOS/c15-10-6-7-13(12(16)8-10)17-14(18)9-19-11-4-2-1-3-5-11/h6-8,11H,1-5,9H2,(H,17,18). The number of anilines is 1. The minimum atomic E-state index is 0.0820. The molecule has 1 aliphatic carbocycles. The van der Waals surface area contributed by atoms with Gasteiger partial charge >= 0.3 is 0 Å². The first-order chi connectivity index (χ1) is 9.15. The predicted octanol–water partition coefficient (Wildman–Crippen LogP) is 5.22. The summed E-state index contributed by atoms with van der Waals surface area (Å²) in [6.45, 7) is 0. The van der Waals surface area contributed by atoms with Crippen molar-refractivity contribution in [1.82, 2.24) is 0 Å². The first-order valence-corrected chi connectivity index (χ1v) is 9.15. The first-order valence-electron chi connectivity index (χ1n) is 6.51. The number of nitrogens with one attached hydrogen (secondary N) is 1. The second-order valence-electron chi connectivity index (χ2n) is 4.74. The lowest BCUT2D eigenvalue weighted by Crippen LogP contribution is -2.18. The maximum absolute atomic E-state index is 11.9. The number of thioether (sulfide) groups is 1. The Kier molecular flexibility index (Phi) is 6.23. The molecule has 1 saturated carbocycles. The summed E-state index contributed by atoms with van der Waals surface area (Å²) >= 11 is 8.65. The number of halogens is 2. The van der Waals surface area contributed by atoms with Crippen LogP contribution in [-0.2, 0) is 4.79 Å². The zero-order chi connectivity index (χ0) is 13.7. The SMILES string of the molecule is O=C(CSC1CCCCC1)Nc1ccc(Br)cc1Br. The summed E-state index contributed by atoms with van der Waals surface area (Å²) in [6, 6.07) is 5.76. The Bertz CT molecular complexity index is 447. The number of carbonyl (C=O) groups excluding carboxylic acids is 1. The van der Waals surface area contributed by atoms with Crippen LogP contribution in [0.3, 0.4) is 0 Å². The molecule has 1 aromatic carbocycles. The Morgan fingerprint density at radius 2 is 2.00 bits per heavy atom. The van der Waals surface area contributed by atoms with Crippen LogP contribution in [0.2, 0.25) is 0 Å². The second-order valence-corrected chi connectivity index (χ2v) is 7.80. The molecule has 0 saturated heterocycles. The molecule has 1 fully saturated rings. The molecule has 104 valence electrons. The molecule has 2 rings (SSSR count). The van der Waals surface area contributed by atoms with Crippen LogP contribution < -0.4 is 5.32 Å². The molecule has 1 N–H and O–H groups in total. The van der Waals surface area contributed by atoms with E-state index in [1.54, 1.807) is 11.8 Å². The second kappa shape index (κ2) is 7.70. The van der Waals surface area contributed by atoms with Crippen LogP contribution in [0.1, 0.15) is 32.1 Å². The number of benzene rings is 1. The van der Waals surface area contributed by atoms with Gasteiger partial charge in [0.15, 0.2) is 0 Å². The average molecular weight is 407 g/mol. The molecule has 0 radical (unpaired) electrons. The highest BCUT2D eigenvalue weighted by Gasteiger charge is 2.15. The number of hydrogen-bond acceptors (Lipinski definition) is 2. The van der Waals surface area contributed by atoms with Gasteiger partial charge in [-0.3, -0.25) is 4.79 Å². The number of rotatable bonds is 4. The van der Waals surface area contributed by atoms with E-state index in [2.05, 4.69) is 37.2 Å². The quantitative estimate of drug-likeness (QED) is 0.742. The minimum absolute atomic E-state index is 0.0820. The third-order valence-corrected chi connectivity index (χ3v) is 5.73. The molecule has 0 spiro atoms. The van der Waals surface area contributed by atoms with Crippen LogP contribution in [0.5, 0.6) is 0 Å². The van der Waals surface area contributed by atoms with Crippen molar-refractivity contribution in [2.75, 3.05) is 11.1 Å². The predicted molar refractivity (Wildman–Crippen MR) is 89.8 cm³/mol. The number of carbonyl (C=O) groups is 1. The van der Waals surface area contributed by atoms with Crippen LogP contribution >= 0.6 is 43.6 Å². The van der Waals surface area contributed by atoms with Gasteiger partial charge in [-0.1, -0.05) is 35.2 Å². The Balaban J connectivity index is 1.80. The Labute approximate surface area is 135 Å². The van der Waals surface area contributed by atoms with Crippen LogP contribution in [0.15, 0.2) is 27.1 Å². The van der Waals surface area contributed by atoms with Crippen molar-refractivity contribution in [3.8, 4) is 0 Å². The van der Waals surface area contributed by atoms with Gasteiger partial charge < -0.3 is 5.32 Å². The molecular formula is C14H17Br2NOS.